The van der Waals surface area contributed by atoms with Gasteiger partial charge in [-0.2, -0.15) is 4.98 Å². The molecule has 0 aliphatic rings. The highest BCUT2D eigenvalue weighted by atomic mass is 16.3. The first-order valence-electron chi connectivity index (χ1n) is 10.3. The quantitative estimate of drug-likeness (QED) is 0.355. The number of nitrogens with zero attached hydrogens (tertiary/aromatic N) is 3. The van der Waals surface area contributed by atoms with Crippen LogP contribution in [0.1, 0.15) is 11.1 Å². The van der Waals surface area contributed by atoms with Crippen LogP contribution in [0.15, 0.2) is 58.1 Å². The number of benzene rings is 2. The second-order valence-corrected chi connectivity index (χ2v) is 7.93. The average molecular weight is 435 g/mol. The normalized spacial score (nSPS) is 12.1. The van der Waals surface area contributed by atoms with Crippen LogP contribution in [0.3, 0.4) is 0 Å². The smallest absolute Gasteiger partial charge is 0.329 e. The largest absolute Gasteiger partial charge is 0.389 e. The first-order chi connectivity index (χ1) is 15.3. The minimum atomic E-state index is -0.816. The van der Waals surface area contributed by atoms with Crippen molar-refractivity contribution in [3.05, 3.63) is 80.5 Å². The Kier molecular flexibility index (Phi) is 5.83. The van der Waals surface area contributed by atoms with Gasteiger partial charge in [-0.25, -0.2) is 4.79 Å². The lowest BCUT2D eigenvalue weighted by atomic mass is 10.2. The van der Waals surface area contributed by atoms with Crippen molar-refractivity contribution < 1.29 is 5.11 Å². The Morgan fingerprint density at radius 2 is 1.59 bits per heavy atom. The van der Waals surface area contributed by atoms with Gasteiger partial charge in [0.15, 0.2) is 11.2 Å². The van der Waals surface area contributed by atoms with E-state index in [-0.39, 0.29) is 24.3 Å². The minimum Gasteiger partial charge on any atom is -0.389 e. The van der Waals surface area contributed by atoms with E-state index in [4.69, 9.17) is 0 Å². The molecule has 0 aliphatic carbocycles. The van der Waals surface area contributed by atoms with E-state index in [1.165, 1.54) is 4.57 Å². The van der Waals surface area contributed by atoms with Crippen LogP contribution in [0.4, 0.5) is 17.3 Å². The average Bonchev–Trinajstić information content (AvgIpc) is 3.12. The van der Waals surface area contributed by atoms with Crippen LogP contribution in [0.2, 0.25) is 0 Å². The summed E-state index contributed by atoms with van der Waals surface area (Å²) in [5, 5.41) is 17.1. The van der Waals surface area contributed by atoms with Crippen molar-refractivity contribution in [1.29, 1.82) is 0 Å². The van der Waals surface area contributed by atoms with Gasteiger partial charge in [0.25, 0.3) is 5.56 Å². The summed E-state index contributed by atoms with van der Waals surface area (Å²) >= 11 is 0. The van der Waals surface area contributed by atoms with Crippen LogP contribution in [0.25, 0.3) is 11.2 Å². The molecule has 2 aromatic heterocycles. The highest BCUT2D eigenvalue weighted by molar-refractivity contribution is 5.75. The molecule has 1 unspecified atom stereocenters. The van der Waals surface area contributed by atoms with Crippen LogP contribution in [0.5, 0.6) is 0 Å². The zero-order valence-corrected chi connectivity index (χ0v) is 18.2. The first kappa shape index (κ1) is 21.4. The molecular formula is C23H26N6O3. The SMILES string of the molecule is Cc1ccc(NCC(O)Cn2c(Nc3ccc(C)cc3)nc3c2c(=O)[nH]c(=O)n3C)cc1. The topological polar surface area (TPSA) is 117 Å². The fourth-order valence-electron chi connectivity index (χ4n) is 3.46. The van der Waals surface area contributed by atoms with E-state index in [0.717, 1.165) is 22.5 Å². The molecule has 0 aliphatic heterocycles. The standard InChI is InChI=1S/C23H26N6O3/c1-14-4-8-16(9-5-14)24-12-18(30)13-29-19-20(28(3)23(32)27-21(19)31)26-22(29)25-17-10-6-15(2)7-11-17/h4-11,18,24,30H,12-13H2,1-3H3,(H,25,26)(H,27,31,32). The summed E-state index contributed by atoms with van der Waals surface area (Å²) in [4.78, 5) is 31.5. The summed E-state index contributed by atoms with van der Waals surface area (Å²) in [6, 6.07) is 15.6. The number of aromatic nitrogens is 4. The summed E-state index contributed by atoms with van der Waals surface area (Å²) in [5.74, 6) is 0.366. The molecule has 0 spiro atoms. The number of aromatic amines is 1. The number of fused-ring (bicyclic) bond motifs is 1. The highest BCUT2D eigenvalue weighted by Gasteiger charge is 2.20. The predicted molar refractivity (Wildman–Crippen MR) is 126 cm³/mol. The maximum atomic E-state index is 12.6. The summed E-state index contributed by atoms with van der Waals surface area (Å²) in [7, 11) is 1.54. The predicted octanol–water partition coefficient (Wildman–Crippen LogP) is 2.26. The molecule has 0 radical (unpaired) electrons. The number of rotatable bonds is 7. The van der Waals surface area contributed by atoms with Gasteiger partial charge in [-0.1, -0.05) is 35.4 Å². The fraction of sp³-hybridized carbons (Fsp3) is 0.261. The Balaban J connectivity index is 1.66. The van der Waals surface area contributed by atoms with Crippen LogP contribution in [-0.2, 0) is 13.6 Å². The van der Waals surface area contributed by atoms with E-state index < -0.39 is 17.4 Å². The van der Waals surface area contributed by atoms with Crippen LogP contribution in [0, 0.1) is 13.8 Å². The molecule has 32 heavy (non-hydrogen) atoms. The number of aryl methyl sites for hydroxylation is 3. The Bertz CT molecular complexity index is 1350. The Morgan fingerprint density at radius 3 is 2.22 bits per heavy atom. The van der Waals surface area contributed by atoms with Gasteiger partial charge in [0.2, 0.25) is 5.95 Å². The van der Waals surface area contributed by atoms with E-state index in [2.05, 4.69) is 20.6 Å². The highest BCUT2D eigenvalue weighted by Crippen LogP contribution is 2.21. The molecule has 2 aromatic carbocycles. The number of imidazole rings is 1. The minimum absolute atomic E-state index is 0.102. The lowest BCUT2D eigenvalue weighted by molar-refractivity contribution is 0.168. The second-order valence-electron chi connectivity index (χ2n) is 7.93. The number of hydrogen-bond acceptors (Lipinski definition) is 6. The van der Waals surface area contributed by atoms with Gasteiger partial charge in [-0.3, -0.25) is 14.3 Å². The lowest BCUT2D eigenvalue weighted by Gasteiger charge is -2.16. The Hall–Kier alpha value is -3.85. The van der Waals surface area contributed by atoms with Crippen LogP contribution in [-0.4, -0.2) is 36.9 Å². The van der Waals surface area contributed by atoms with E-state index in [9.17, 15) is 14.7 Å². The lowest BCUT2D eigenvalue weighted by Crippen LogP contribution is -2.31. The van der Waals surface area contributed by atoms with Gasteiger partial charge in [0.1, 0.15) is 0 Å². The van der Waals surface area contributed by atoms with Gasteiger partial charge >= 0.3 is 5.69 Å². The molecule has 0 saturated carbocycles. The van der Waals surface area contributed by atoms with Crippen molar-refractivity contribution in [1.82, 2.24) is 19.1 Å². The van der Waals surface area contributed by atoms with E-state index >= 15 is 0 Å². The number of aliphatic hydroxyl groups is 1. The maximum absolute atomic E-state index is 12.6. The van der Waals surface area contributed by atoms with E-state index in [0.29, 0.717) is 5.95 Å². The van der Waals surface area contributed by atoms with Crippen molar-refractivity contribution in [3.63, 3.8) is 0 Å². The van der Waals surface area contributed by atoms with Crippen LogP contribution < -0.4 is 21.9 Å². The van der Waals surface area contributed by atoms with E-state index in [1.54, 1.807) is 11.6 Å². The monoisotopic (exact) mass is 434 g/mol. The molecular weight excluding hydrogens is 408 g/mol. The van der Waals surface area contributed by atoms with Gasteiger partial charge in [-0.05, 0) is 38.1 Å². The third kappa shape index (κ3) is 4.42. The third-order valence-corrected chi connectivity index (χ3v) is 5.30. The summed E-state index contributed by atoms with van der Waals surface area (Å²) in [6.07, 6.45) is -0.816. The first-order valence-corrected chi connectivity index (χ1v) is 10.3. The number of H-pyrrole nitrogens is 1. The number of nitrogens with one attached hydrogen (secondary N) is 3. The van der Waals surface area contributed by atoms with Crippen LogP contribution >= 0.6 is 0 Å². The Morgan fingerprint density at radius 1 is 1.00 bits per heavy atom. The number of aliphatic hydroxyl groups excluding tert-OH is 1. The fourth-order valence-corrected chi connectivity index (χ4v) is 3.46. The number of hydrogen-bond donors (Lipinski definition) is 4. The van der Waals surface area contributed by atoms with Gasteiger partial charge in [-0.15, -0.1) is 0 Å². The summed E-state index contributed by atoms with van der Waals surface area (Å²) in [6.45, 7) is 4.38. The summed E-state index contributed by atoms with van der Waals surface area (Å²) < 4.78 is 2.89. The number of anilines is 3. The third-order valence-electron chi connectivity index (χ3n) is 5.30. The van der Waals surface area contributed by atoms with Gasteiger partial charge in [0.05, 0.1) is 12.6 Å². The second kappa shape index (κ2) is 8.72. The van der Waals surface area contributed by atoms with Gasteiger partial charge in [0, 0.05) is 25.0 Å². The van der Waals surface area contributed by atoms with Crippen molar-refractivity contribution >= 4 is 28.5 Å². The summed E-state index contributed by atoms with van der Waals surface area (Å²) in [5.41, 5.74) is 3.30. The molecule has 0 fully saturated rings. The molecule has 9 heteroatoms. The zero-order valence-electron chi connectivity index (χ0n) is 18.2. The van der Waals surface area contributed by atoms with Crippen molar-refractivity contribution in [3.8, 4) is 0 Å². The molecule has 0 amide bonds. The molecule has 4 aromatic rings. The zero-order chi connectivity index (χ0) is 22.8. The molecule has 0 bridgehead atoms. The molecule has 4 N–H and O–H groups in total. The molecule has 166 valence electrons. The molecule has 2 heterocycles. The van der Waals surface area contributed by atoms with Crippen molar-refractivity contribution in [2.75, 3.05) is 17.2 Å². The maximum Gasteiger partial charge on any atom is 0.329 e. The van der Waals surface area contributed by atoms with Gasteiger partial charge < -0.3 is 20.3 Å². The Labute approximate surface area is 184 Å². The van der Waals surface area contributed by atoms with Crippen molar-refractivity contribution in [2.45, 2.75) is 26.5 Å². The molecule has 4 rings (SSSR count). The molecule has 0 saturated heterocycles. The van der Waals surface area contributed by atoms with Crippen molar-refractivity contribution in [2.24, 2.45) is 7.05 Å². The molecule has 1 atom stereocenters. The van der Waals surface area contributed by atoms with E-state index in [1.807, 2.05) is 62.4 Å². The molecule has 9 nitrogen and oxygen atoms in total.